The van der Waals surface area contributed by atoms with E-state index in [4.69, 9.17) is 4.74 Å². The van der Waals surface area contributed by atoms with Crippen molar-refractivity contribution in [2.24, 2.45) is 0 Å². The lowest BCUT2D eigenvalue weighted by molar-refractivity contribution is -0.125. The molecular formula is C17H19N3O3S. The highest BCUT2D eigenvalue weighted by molar-refractivity contribution is 7.15. The first-order valence-corrected chi connectivity index (χ1v) is 8.76. The standard InChI is InChI=1S/C17H19N3O3S/c1-4-10-5-6-12-11(7-10)8-13(23-16(12)22)14(21)18-17-20-19-15(24-17)9(2)3/h5-7,9,13H,4,8H2,1-3H3,(H,18,20,21). The minimum Gasteiger partial charge on any atom is -0.448 e. The molecule has 2 aromatic rings. The first kappa shape index (κ1) is 16.6. The first-order valence-electron chi connectivity index (χ1n) is 7.95. The summed E-state index contributed by atoms with van der Waals surface area (Å²) in [5, 5.41) is 12.0. The number of hydrogen-bond donors (Lipinski definition) is 1. The highest BCUT2D eigenvalue weighted by Crippen LogP contribution is 2.25. The monoisotopic (exact) mass is 345 g/mol. The number of aryl methyl sites for hydroxylation is 1. The van der Waals surface area contributed by atoms with Gasteiger partial charge in [0.2, 0.25) is 5.13 Å². The number of esters is 1. The summed E-state index contributed by atoms with van der Waals surface area (Å²) >= 11 is 1.33. The summed E-state index contributed by atoms with van der Waals surface area (Å²) in [6, 6.07) is 5.65. The molecule has 3 rings (SSSR count). The lowest BCUT2D eigenvalue weighted by Crippen LogP contribution is -2.38. The number of amides is 1. The van der Waals surface area contributed by atoms with Gasteiger partial charge < -0.3 is 4.74 Å². The summed E-state index contributed by atoms with van der Waals surface area (Å²) < 4.78 is 5.28. The lowest BCUT2D eigenvalue weighted by atomic mass is 9.95. The molecule has 24 heavy (non-hydrogen) atoms. The van der Waals surface area contributed by atoms with Crippen molar-refractivity contribution in [1.29, 1.82) is 0 Å². The fraction of sp³-hybridized carbons (Fsp3) is 0.412. The average molecular weight is 345 g/mol. The molecular weight excluding hydrogens is 326 g/mol. The van der Waals surface area contributed by atoms with E-state index >= 15 is 0 Å². The Morgan fingerprint density at radius 1 is 1.42 bits per heavy atom. The second-order valence-corrected chi connectivity index (χ2v) is 7.04. The van der Waals surface area contributed by atoms with Gasteiger partial charge in [0, 0.05) is 12.3 Å². The third-order valence-corrected chi connectivity index (χ3v) is 5.05. The van der Waals surface area contributed by atoms with Gasteiger partial charge in [-0.15, -0.1) is 10.2 Å². The van der Waals surface area contributed by atoms with E-state index in [1.807, 2.05) is 26.0 Å². The summed E-state index contributed by atoms with van der Waals surface area (Å²) in [6.07, 6.45) is 0.405. The van der Waals surface area contributed by atoms with Crippen LogP contribution in [0.1, 0.15) is 53.2 Å². The zero-order valence-corrected chi connectivity index (χ0v) is 14.6. The predicted octanol–water partition coefficient (Wildman–Crippen LogP) is 2.94. The number of hydrogen-bond acceptors (Lipinski definition) is 6. The van der Waals surface area contributed by atoms with Crippen molar-refractivity contribution in [3.8, 4) is 0 Å². The van der Waals surface area contributed by atoms with Crippen LogP contribution < -0.4 is 5.32 Å². The van der Waals surface area contributed by atoms with Crippen LogP contribution in [0.25, 0.3) is 0 Å². The van der Waals surface area contributed by atoms with Gasteiger partial charge in [-0.2, -0.15) is 0 Å². The molecule has 0 spiro atoms. The Hall–Kier alpha value is -2.28. The van der Waals surface area contributed by atoms with Gasteiger partial charge in [-0.25, -0.2) is 4.79 Å². The number of carbonyl (C=O) groups is 2. The van der Waals surface area contributed by atoms with Crippen molar-refractivity contribution in [1.82, 2.24) is 10.2 Å². The molecule has 0 aliphatic carbocycles. The number of carbonyl (C=O) groups excluding carboxylic acids is 2. The number of aromatic nitrogens is 2. The van der Waals surface area contributed by atoms with E-state index in [1.165, 1.54) is 11.3 Å². The van der Waals surface area contributed by atoms with E-state index < -0.39 is 12.1 Å². The predicted molar refractivity (Wildman–Crippen MR) is 91.4 cm³/mol. The van der Waals surface area contributed by atoms with Crippen molar-refractivity contribution >= 4 is 28.3 Å². The van der Waals surface area contributed by atoms with Crippen LogP contribution in [0.15, 0.2) is 18.2 Å². The SMILES string of the molecule is CCc1ccc2c(c1)CC(C(=O)Nc1nnc(C(C)C)s1)OC2=O. The summed E-state index contributed by atoms with van der Waals surface area (Å²) in [6.45, 7) is 6.07. The lowest BCUT2D eigenvalue weighted by Gasteiger charge is -2.23. The topological polar surface area (TPSA) is 81.2 Å². The molecule has 0 saturated heterocycles. The van der Waals surface area contributed by atoms with Gasteiger partial charge in [0.15, 0.2) is 6.10 Å². The van der Waals surface area contributed by atoms with Crippen LogP contribution in [-0.2, 0) is 22.4 Å². The summed E-state index contributed by atoms with van der Waals surface area (Å²) in [5.74, 6) is -0.582. The number of fused-ring (bicyclic) bond motifs is 1. The molecule has 1 aromatic heterocycles. The number of cyclic esters (lactones) is 1. The minimum absolute atomic E-state index is 0.250. The summed E-state index contributed by atoms with van der Waals surface area (Å²) in [7, 11) is 0. The fourth-order valence-corrected chi connectivity index (χ4v) is 3.27. The molecule has 1 unspecified atom stereocenters. The number of rotatable bonds is 4. The van der Waals surface area contributed by atoms with Crippen molar-refractivity contribution in [2.45, 2.75) is 45.6 Å². The van der Waals surface area contributed by atoms with Gasteiger partial charge in [0.05, 0.1) is 5.56 Å². The average Bonchev–Trinajstić information content (AvgIpc) is 3.03. The number of nitrogens with one attached hydrogen (secondary N) is 1. The molecule has 1 amide bonds. The zero-order valence-electron chi connectivity index (χ0n) is 13.8. The number of nitrogens with zero attached hydrogens (tertiary/aromatic N) is 2. The van der Waals surface area contributed by atoms with Crippen LogP contribution in [0.4, 0.5) is 5.13 Å². The Morgan fingerprint density at radius 3 is 2.88 bits per heavy atom. The van der Waals surface area contributed by atoms with Crippen molar-refractivity contribution in [2.75, 3.05) is 5.32 Å². The van der Waals surface area contributed by atoms with Gasteiger partial charge in [-0.05, 0) is 23.6 Å². The smallest absolute Gasteiger partial charge is 0.339 e. The Kier molecular flexibility index (Phi) is 4.62. The molecule has 2 heterocycles. The number of ether oxygens (including phenoxy) is 1. The maximum atomic E-state index is 12.4. The van der Waals surface area contributed by atoms with Crippen molar-refractivity contribution < 1.29 is 14.3 Å². The van der Waals surface area contributed by atoms with Gasteiger partial charge in [0.1, 0.15) is 5.01 Å². The second-order valence-electron chi connectivity index (χ2n) is 6.03. The molecule has 1 N–H and O–H groups in total. The Balaban J connectivity index is 1.75. The third-order valence-electron chi connectivity index (χ3n) is 3.91. The van der Waals surface area contributed by atoms with Gasteiger partial charge in [-0.3, -0.25) is 10.1 Å². The molecule has 0 saturated carbocycles. The number of benzene rings is 1. The van der Waals surface area contributed by atoms with E-state index in [9.17, 15) is 9.59 Å². The van der Waals surface area contributed by atoms with E-state index in [1.54, 1.807) is 6.07 Å². The minimum atomic E-state index is -0.844. The normalized spacial score (nSPS) is 16.7. The van der Waals surface area contributed by atoms with Crippen LogP contribution in [0.3, 0.4) is 0 Å². The largest absolute Gasteiger partial charge is 0.448 e. The van der Waals surface area contributed by atoms with E-state index in [0.717, 1.165) is 22.6 Å². The van der Waals surface area contributed by atoms with Gasteiger partial charge in [0.25, 0.3) is 5.91 Å². The summed E-state index contributed by atoms with van der Waals surface area (Å²) in [5.41, 5.74) is 2.52. The molecule has 1 aliphatic rings. The van der Waals surface area contributed by atoms with Crippen LogP contribution in [-0.4, -0.2) is 28.2 Å². The molecule has 7 heteroatoms. The van der Waals surface area contributed by atoms with Crippen molar-refractivity contribution in [3.05, 3.63) is 39.9 Å². The Morgan fingerprint density at radius 2 is 2.21 bits per heavy atom. The Labute approximate surface area is 144 Å². The molecule has 0 bridgehead atoms. The van der Waals surface area contributed by atoms with Gasteiger partial charge >= 0.3 is 5.97 Å². The van der Waals surface area contributed by atoms with Crippen LogP contribution in [0.2, 0.25) is 0 Å². The zero-order chi connectivity index (χ0) is 17.3. The van der Waals surface area contributed by atoms with Crippen LogP contribution in [0, 0.1) is 0 Å². The van der Waals surface area contributed by atoms with E-state index in [-0.39, 0.29) is 11.8 Å². The van der Waals surface area contributed by atoms with E-state index in [2.05, 4.69) is 22.4 Å². The maximum absolute atomic E-state index is 12.4. The molecule has 6 nitrogen and oxygen atoms in total. The van der Waals surface area contributed by atoms with Crippen molar-refractivity contribution in [3.63, 3.8) is 0 Å². The highest BCUT2D eigenvalue weighted by atomic mass is 32.1. The Bertz CT molecular complexity index is 785. The summed E-state index contributed by atoms with van der Waals surface area (Å²) in [4.78, 5) is 24.5. The molecule has 0 fully saturated rings. The maximum Gasteiger partial charge on any atom is 0.339 e. The van der Waals surface area contributed by atoms with Crippen LogP contribution in [0.5, 0.6) is 0 Å². The second kappa shape index (κ2) is 6.68. The highest BCUT2D eigenvalue weighted by Gasteiger charge is 2.32. The van der Waals surface area contributed by atoms with E-state index in [0.29, 0.717) is 17.1 Å². The quantitative estimate of drug-likeness (QED) is 0.862. The molecule has 126 valence electrons. The number of anilines is 1. The molecule has 1 atom stereocenters. The molecule has 1 aromatic carbocycles. The molecule has 0 radical (unpaired) electrons. The van der Waals surface area contributed by atoms with Crippen LogP contribution >= 0.6 is 11.3 Å². The fourth-order valence-electron chi connectivity index (χ4n) is 2.52. The third kappa shape index (κ3) is 3.31. The first-order chi connectivity index (χ1) is 11.5. The molecule has 1 aliphatic heterocycles. The van der Waals surface area contributed by atoms with Gasteiger partial charge in [-0.1, -0.05) is 44.2 Å².